The Morgan fingerprint density at radius 3 is 2.46 bits per heavy atom. The van der Waals surface area contributed by atoms with Gasteiger partial charge in [-0.15, -0.1) is 24.0 Å². The predicted octanol–water partition coefficient (Wildman–Crippen LogP) is 3.29. The topological polar surface area (TPSA) is 40.1 Å². The van der Waals surface area contributed by atoms with Crippen LogP contribution in [-0.2, 0) is 4.74 Å². The van der Waals surface area contributed by atoms with Gasteiger partial charge in [0.2, 0.25) is 0 Å². The van der Waals surface area contributed by atoms with Crippen molar-refractivity contribution in [3.05, 3.63) is 0 Å². The third kappa shape index (κ3) is 7.15. The first-order valence-electron chi connectivity index (χ1n) is 10.3. The maximum absolute atomic E-state index is 5.34. The number of hydrogen-bond acceptors (Lipinski definition) is 3. The number of guanidine groups is 1. The average Bonchev–Trinajstić information content (AvgIpc) is 3.04. The molecule has 2 fully saturated rings. The molecule has 0 aliphatic carbocycles. The number of piperidine rings is 1. The summed E-state index contributed by atoms with van der Waals surface area (Å²) in [6, 6.07) is 0.554. The fraction of sp³-hybridized carbons (Fsp3) is 0.950. The Balaban J connectivity index is 0.00000338. The number of rotatable bonds is 7. The lowest BCUT2D eigenvalue weighted by atomic mass is 9.94. The molecule has 2 heterocycles. The molecular weight excluding hydrogens is 439 g/mol. The first kappa shape index (κ1) is 24.0. The molecule has 0 aromatic heterocycles. The van der Waals surface area contributed by atoms with Gasteiger partial charge in [-0.1, -0.05) is 20.8 Å². The van der Waals surface area contributed by atoms with Crippen LogP contribution in [0, 0.1) is 17.8 Å². The quantitative estimate of drug-likeness (QED) is 0.345. The standard InChI is InChI=1S/C20H40N4O.HI/c1-6-21-20(24-12-9-18(14-24)15-25-5)22-13-19(16(2)3)23-10-7-17(4)8-11-23;/h16-19H,6-15H2,1-5H3,(H,21,22);1H. The van der Waals surface area contributed by atoms with Crippen LogP contribution in [-0.4, -0.2) is 74.8 Å². The van der Waals surface area contributed by atoms with Crippen LogP contribution in [0.1, 0.15) is 47.0 Å². The molecule has 0 aromatic rings. The number of nitrogens with zero attached hydrogens (tertiary/aromatic N) is 3. The van der Waals surface area contributed by atoms with Gasteiger partial charge < -0.3 is 15.0 Å². The predicted molar refractivity (Wildman–Crippen MR) is 122 cm³/mol. The molecule has 5 nitrogen and oxygen atoms in total. The summed E-state index contributed by atoms with van der Waals surface area (Å²) in [4.78, 5) is 10.2. The van der Waals surface area contributed by atoms with E-state index in [1.807, 2.05) is 0 Å². The summed E-state index contributed by atoms with van der Waals surface area (Å²) in [5, 5.41) is 3.51. The molecular formula is C20H41IN4O. The normalized spacial score (nSPS) is 24.0. The van der Waals surface area contributed by atoms with Crippen molar-refractivity contribution < 1.29 is 4.74 Å². The fourth-order valence-electron chi connectivity index (χ4n) is 4.11. The zero-order valence-corrected chi connectivity index (χ0v) is 19.9. The molecule has 0 aromatic carbocycles. The molecule has 6 heteroatoms. The number of methoxy groups -OCH3 is 1. The Kier molecular flexibility index (Phi) is 11.4. The van der Waals surface area contributed by atoms with E-state index in [4.69, 9.17) is 9.73 Å². The van der Waals surface area contributed by atoms with Gasteiger partial charge in [-0.05, 0) is 51.1 Å². The summed E-state index contributed by atoms with van der Waals surface area (Å²) in [7, 11) is 1.80. The lowest BCUT2D eigenvalue weighted by Crippen LogP contribution is -2.47. The monoisotopic (exact) mass is 480 g/mol. The SMILES string of the molecule is CCNC(=NCC(C(C)C)N1CCC(C)CC1)N1CCC(COC)C1.I. The van der Waals surface area contributed by atoms with Crippen LogP contribution >= 0.6 is 24.0 Å². The van der Waals surface area contributed by atoms with E-state index in [1.165, 1.54) is 32.4 Å². The highest BCUT2D eigenvalue weighted by atomic mass is 127. The van der Waals surface area contributed by atoms with Crippen molar-refractivity contribution in [2.75, 3.05) is 53.0 Å². The molecule has 2 aliphatic rings. The maximum atomic E-state index is 5.34. The number of hydrogen-bond donors (Lipinski definition) is 1. The van der Waals surface area contributed by atoms with Crippen LogP contribution in [0.3, 0.4) is 0 Å². The highest BCUT2D eigenvalue weighted by Gasteiger charge is 2.27. The smallest absolute Gasteiger partial charge is 0.193 e. The summed E-state index contributed by atoms with van der Waals surface area (Å²) in [6.45, 7) is 16.5. The second kappa shape index (κ2) is 12.4. The zero-order valence-electron chi connectivity index (χ0n) is 17.5. The molecule has 2 aliphatic heterocycles. The van der Waals surface area contributed by atoms with Crippen LogP contribution in [0.5, 0.6) is 0 Å². The van der Waals surface area contributed by atoms with Crippen molar-refractivity contribution in [2.24, 2.45) is 22.7 Å². The summed E-state index contributed by atoms with van der Waals surface area (Å²) >= 11 is 0. The molecule has 2 unspecified atom stereocenters. The van der Waals surface area contributed by atoms with E-state index in [9.17, 15) is 0 Å². The van der Waals surface area contributed by atoms with Gasteiger partial charge in [-0.25, -0.2) is 0 Å². The van der Waals surface area contributed by atoms with E-state index in [-0.39, 0.29) is 24.0 Å². The summed E-state index contributed by atoms with van der Waals surface area (Å²) in [5.74, 6) is 3.25. The molecule has 2 rings (SSSR count). The lowest BCUT2D eigenvalue weighted by Gasteiger charge is -2.38. The Morgan fingerprint density at radius 1 is 1.19 bits per heavy atom. The van der Waals surface area contributed by atoms with E-state index < -0.39 is 0 Å². The zero-order chi connectivity index (χ0) is 18.2. The van der Waals surface area contributed by atoms with Crippen LogP contribution in [0.25, 0.3) is 0 Å². The highest BCUT2D eigenvalue weighted by molar-refractivity contribution is 14.0. The van der Waals surface area contributed by atoms with E-state index in [0.29, 0.717) is 17.9 Å². The van der Waals surface area contributed by atoms with Crippen molar-refractivity contribution in [1.82, 2.24) is 15.1 Å². The summed E-state index contributed by atoms with van der Waals surface area (Å²) in [5.41, 5.74) is 0. The van der Waals surface area contributed by atoms with E-state index >= 15 is 0 Å². The minimum absolute atomic E-state index is 0. The summed E-state index contributed by atoms with van der Waals surface area (Å²) in [6.07, 6.45) is 3.87. The number of halogens is 1. The molecule has 2 atom stereocenters. The Hall–Kier alpha value is -0.0800. The van der Waals surface area contributed by atoms with Gasteiger partial charge in [-0.2, -0.15) is 0 Å². The highest BCUT2D eigenvalue weighted by Crippen LogP contribution is 2.22. The number of ether oxygens (including phenoxy) is 1. The van der Waals surface area contributed by atoms with Crippen LogP contribution in [0.15, 0.2) is 4.99 Å². The number of likely N-dealkylation sites (tertiary alicyclic amines) is 2. The van der Waals surface area contributed by atoms with E-state index in [1.54, 1.807) is 7.11 Å². The molecule has 2 saturated heterocycles. The van der Waals surface area contributed by atoms with Gasteiger partial charge in [0, 0.05) is 38.7 Å². The van der Waals surface area contributed by atoms with Crippen LogP contribution in [0.4, 0.5) is 0 Å². The Bertz CT molecular complexity index is 411. The van der Waals surface area contributed by atoms with Gasteiger partial charge in [0.05, 0.1) is 13.2 Å². The first-order valence-corrected chi connectivity index (χ1v) is 10.3. The second-order valence-electron chi connectivity index (χ2n) is 8.28. The molecule has 0 bridgehead atoms. The minimum Gasteiger partial charge on any atom is -0.384 e. The molecule has 154 valence electrons. The number of aliphatic imine (C=N–C) groups is 1. The van der Waals surface area contributed by atoms with Crippen molar-refractivity contribution in [1.29, 1.82) is 0 Å². The lowest BCUT2D eigenvalue weighted by molar-refractivity contribution is 0.113. The van der Waals surface area contributed by atoms with Crippen molar-refractivity contribution >= 4 is 29.9 Å². The Labute approximate surface area is 178 Å². The van der Waals surface area contributed by atoms with Gasteiger partial charge in [0.15, 0.2) is 5.96 Å². The van der Waals surface area contributed by atoms with Crippen molar-refractivity contribution in [2.45, 2.75) is 53.0 Å². The largest absolute Gasteiger partial charge is 0.384 e. The molecule has 0 radical (unpaired) electrons. The van der Waals surface area contributed by atoms with Gasteiger partial charge in [0.25, 0.3) is 0 Å². The number of nitrogens with one attached hydrogen (secondary N) is 1. The second-order valence-corrected chi connectivity index (χ2v) is 8.28. The molecule has 0 spiro atoms. The third-order valence-electron chi connectivity index (χ3n) is 5.81. The van der Waals surface area contributed by atoms with Crippen molar-refractivity contribution in [3.8, 4) is 0 Å². The van der Waals surface area contributed by atoms with Gasteiger partial charge in [-0.3, -0.25) is 9.89 Å². The minimum atomic E-state index is 0. The third-order valence-corrected chi connectivity index (χ3v) is 5.81. The molecule has 0 amide bonds. The average molecular weight is 480 g/mol. The first-order chi connectivity index (χ1) is 12.0. The van der Waals surface area contributed by atoms with Crippen LogP contribution < -0.4 is 5.32 Å². The molecule has 26 heavy (non-hydrogen) atoms. The van der Waals surface area contributed by atoms with E-state index in [2.05, 4.69) is 42.8 Å². The van der Waals surface area contributed by atoms with E-state index in [0.717, 1.165) is 44.7 Å². The Morgan fingerprint density at radius 2 is 1.88 bits per heavy atom. The van der Waals surface area contributed by atoms with Gasteiger partial charge >= 0.3 is 0 Å². The fourth-order valence-corrected chi connectivity index (χ4v) is 4.11. The van der Waals surface area contributed by atoms with Crippen molar-refractivity contribution in [3.63, 3.8) is 0 Å². The maximum Gasteiger partial charge on any atom is 0.193 e. The molecule has 0 saturated carbocycles. The van der Waals surface area contributed by atoms with Gasteiger partial charge in [0.1, 0.15) is 0 Å². The molecule has 1 N–H and O–H groups in total. The van der Waals surface area contributed by atoms with Crippen LogP contribution in [0.2, 0.25) is 0 Å². The summed E-state index contributed by atoms with van der Waals surface area (Å²) < 4.78 is 5.34.